The lowest BCUT2D eigenvalue weighted by Crippen LogP contribution is -2.19. The van der Waals surface area contributed by atoms with E-state index in [0.717, 1.165) is 42.4 Å². The Morgan fingerprint density at radius 3 is 2.59 bits per heavy atom. The molecule has 0 heterocycles. The molecular weight excluding hydrogens is 472 g/mol. The van der Waals surface area contributed by atoms with Crippen LogP contribution >= 0.6 is 0 Å². The highest BCUT2D eigenvalue weighted by atomic mass is 16.5. The minimum absolute atomic E-state index is 0.0303. The maximum atomic E-state index is 12.1. The first-order valence-electron chi connectivity index (χ1n) is 12.6. The van der Waals surface area contributed by atoms with Gasteiger partial charge in [0.15, 0.2) is 11.5 Å². The molecule has 0 saturated carbocycles. The molecule has 0 saturated heterocycles. The first kappa shape index (κ1) is 27.8. The lowest BCUT2D eigenvalue weighted by atomic mass is 9.71. The van der Waals surface area contributed by atoms with Crippen LogP contribution in [0.15, 0.2) is 48.1 Å². The fourth-order valence-electron chi connectivity index (χ4n) is 5.00. The van der Waals surface area contributed by atoms with Crippen LogP contribution in [0.2, 0.25) is 0 Å². The summed E-state index contributed by atoms with van der Waals surface area (Å²) in [4.78, 5) is 23.6. The van der Waals surface area contributed by atoms with E-state index in [1.807, 2.05) is 6.92 Å². The number of carbonyl (C=O) groups excluding carboxylic acids is 1. The molecule has 198 valence electrons. The number of phenolic OH excluding ortho intramolecular Hbond substituents is 2. The number of aromatic hydroxyl groups is 2. The molecule has 3 rings (SSSR count). The molecule has 0 amide bonds. The minimum atomic E-state index is -1.03. The Balaban J connectivity index is 1.54. The average Bonchev–Trinajstić information content (AvgIpc) is 2.86. The van der Waals surface area contributed by atoms with Gasteiger partial charge >= 0.3 is 11.9 Å². The highest BCUT2D eigenvalue weighted by Gasteiger charge is 2.31. The summed E-state index contributed by atoms with van der Waals surface area (Å²) in [6.07, 6.45) is 8.61. The number of rotatable bonds is 10. The SMILES string of the molecule is COc1cc(/C=C\C(=O)OC/C(C)=C\CC[C@H](C)[C@@H]2CC[C@@H](C)c3c(O)cc(C(=O)O)cc32)ccc1O. The van der Waals surface area contributed by atoms with E-state index in [9.17, 15) is 24.9 Å². The zero-order chi connectivity index (χ0) is 27.1. The summed E-state index contributed by atoms with van der Waals surface area (Å²) in [6.45, 7) is 6.35. The van der Waals surface area contributed by atoms with E-state index in [1.165, 1.54) is 25.3 Å². The summed E-state index contributed by atoms with van der Waals surface area (Å²) >= 11 is 0. The molecule has 37 heavy (non-hydrogen) atoms. The lowest BCUT2D eigenvalue weighted by molar-refractivity contribution is -0.136. The third kappa shape index (κ3) is 7.15. The summed E-state index contributed by atoms with van der Waals surface area (Å²) in [5.74, 6) is -0.378. The molecule has 0 radical (unpaired) electrons. The van der Waals surface area contributed by atoms with Crippen LogP contribution in [-0.2, 0) is 9.53 Å². The Labute approximate surface area is 218 Å². The maximum absolute atomic E-state index is 12.1. The average molecular weight is 509 g/mol. The predicted molar refractivity (Wildman–Crippen MR) is 142 cm³/mol. The van der Waals surface area contributed by atoms with Crippen LogP contribution in [0.4, 0.5) is 0 Å². The number of benzene rings is 2. The van der Waals surface area contributed by atoms with Gasteiger partial charge in [-0.05, 0) is 97.4 Å². The Morgan fingerprint density at radius 1 is 1.14 bits per heavy atom. The largest absolute Gasteiger partial charge is 0.508 e. The first-order valence-corrected chi connectivity index (χ1v) is 12.6. The number of esters is 1. The molecule has 1 aliphatic carbocycles. The normalized spacial score (nSPS) is 18.3. The van der Waals surface area contributed by atoms with Crippen molar-refractivity contribution in [2.75, 3.05) is 13.7 Å². The second-order valence-electron chi connectivity index (χ2n) is 9.87. The third-order valence-electron chi connectivity index (χ3n) is 7.10. The van der Waals surface area contributed by atoms with E-state index in [2.05, 4.69) is 19.9 Å². The molecule has 2 aromatic rings. The van der Waals surface area contributed by atoms with Gasteiger partial charge in [0, 0.05) is 11.6 Å². The monoisotopic (exact) mass is 508 g/mol. The fraction of sp³-hybridized carbons (Fsp3) is 0.400. The molecule has 0 bridgehead atoms. The highest BCUT2D eigenvalue weighted by molar-refractivity contribution is 5.89. The number of methoxy groups -OCH3 is 1. The van der Waals surface area contributed by atoms with Gasteiger partial charge in [0.1, 0.15) is 12.4 Å². The number of ether oxygens (including phenoxy) is 2. The molecule has 2 aromatic carbocycles. The summed E-state index contributed by atoms with van der Waals surface area (Å²) in [5, 5.41) is 29.6. The van der Waals surface area contributed by atoms with Crippen molar-refractivity contribution in [1.29, 1.82) is 0 Å². The molecule has 1 aliphatic rings. The predicted octanol–water partition coefficient (Wildman–Crippen LogP) is 6.40. The molecule has 0 aliphatic heterocycles. The van der Waals surface area contributed by atoms with Crippen LogP contribution < -0.4 is 4.74 Å². The van der Waals surface area contributed by atoms with Crippen molar-refractivity contribution in [3.63, 3.8) is 0 Å². The molecule has 0 fully saturated rings. The van der Waals surface area contributed by atoms with Gasteiger partial charge in [0.25, 0.3) is 0 Å². The zero-order valence-corrected chi connectivity index (χ0v) is 21.9. The molecule has 3 atom stereocenters. The number of carboxylic acid groups (broad SMARTS) is 1. The number of aromatic carboxylic acids is 1. The van der Waals surface area contributed by atoms with E-state index in [0.29, 0.717) is 17.2 Å². The van der Waals surface area contributed by atoms with Crippen LogP contribution in [0.3, 0.4) is 0 Å². The van der Waals surface area contributed by atoms with Gasteiger partial charge in [0.05, 0.1) is 12.7 Å². The van der Waals surface area contributed by atoms with Crippen molar-refractivity contribution in [1.82, 2.24) is 0 Å². The van der Waals surface area contributed by atoms with E-state index in [4.69, 9.17) is 9.47 Å². The van der Waals surface area contributed by atoms with Crippen LogP contribution in [0.25, 0.3) is 6.08 Å². The molecular formula is C30H36O7. The number of fused-ring (bicyclic) bond motifs is 1. The van der Waals surface area contributed by atoms with E-state index in [-0.39, 0.29) is 35.5 Å². The van der Waals surface area contributed by atoms with Crippen molar-refractivity contribution in [2.45, 2.75) is 58.3 Å². The van der Waals surface area contributed by atoms with Gasteiger partial charge in [-0.3, -0.25) is 0 Å². The number of phenols is 2. The van der Waals surface area contributed by atoms with Gasteiger partial charge in [0.2, 0.25) is 0 Å². The topological polar surface area (TPSA) is 113 Å². The number of hydrogen-bond acceptors (Lipinski definition) is 6. The number of hydrogen-bond donors (Lipinski definition) is 3. The Kier molecular flexibility index (Phi) is 9.39. The van der Waals surface area contributed by atoms with Crippen LogP contribution in [0.5, 0.6) is 17.2 Å². The number of carbonyl (C=O) groups is 2. The van der Waals surface area contributed by atoms with E-state index < -0.39 is 11.9 Å². The summed E-state index contributed by atoms with van der Waals surface area (Å²) < 4.78 is 10.4. The second-order valence-corrected chi connectivity index (χ2v) is 9.87. The maximum Gasteiger partial charge on any atom is 0.335 e. The van der Waals surface area contributed by atoms with Crippen molar-refractivity contribution in [3.05, 3.63) is 70.3 Å². The lowest BCUT2D eigenvalue weighted by Gasteiger charge is -2.34. The van der Waals surface area contributed by atoms with Crippen LogP contribution in [0.1, 0.15) is 85.3 Å². The molecule has 3 N–H and O–H groups in total. The smallest absolute Gasteiger partial charge is 0.335 e. The van der Waals surface area contributed by atoms with Crippen molar-refractivity contribution in [3.8, 4) is 17.2 Å². The van der Waals surface area contributed by atoms with Crippen molar-refractivity contribution in [2.24, 2.45) is 5.92 Å². The van der Waals surface area contributed by atoms with Crippen LogP contribution in [-0.4, -0.2) is 41.0 Å². The van der Waals surface area contributed by atoms with E-state index in [1.54, 1.807) is 24.3 Å². The summed E-state index contributed by atoms with van der Waals surface area (Å²) in [7, 11) is 1.46. The van der Waals surface area contributed by atoms with Gasteiger partial charge < -0.3 is 24.8 Å². The van der Waals surface area contributed by atoms with E-state index >= 15 is 0 Å². The Morgan fingerprint density at radius 2 is 1.89 bits per heavy atom. The van der Waals surface area contributed by atoms with Gasteiger partial charge in [-0.25, -0.2) is 9.59 Å². The first-order chi connectivity index (χ1) is 17.6. The van der Waals surface area contributed by atoms with Gasteiger partial charge in [-0.15, -0.1) is 0 Å². The number of carboxylic acids is 1. The molecule has 7 nitrogen and oxygen atoms in total. The second kappa shape index (κ2) is 12.5. The third-order valence-corrected chi connectivity index (χ3v) is 7.10. The van der Waals surface area contributed by atoms with Gasteiger partial charge in [-0.1, -0.05) is 26.0 Å². The Bertz CT molecular complexity index is 1190. The minimum Gasteiger partial charge on any atom is -0.508 e. The molecule has 0 unspecified atom stereocenters. The standard InChI is InChI=1S/C30H36O7/c1-18(17-37-28(33)13-10-21-9-12-25(31)27(14-21)36-4)6-5-7-19(2)23-11-8-20(3)29-24(23)15-22(30(34)35)16-26(29)32/h6,9-10,12-16,19-20,23,31-32H,5,7-8,11,17H2,1-4H3,(H,34,35)/b13-10-,18-6-/t19-,20+,23-/m0/s1. The highest BCUT2D eigenvalue weighted by Crippen LogP contribution is 2.47. The van der Waals surface area contributed by atoms with Crippen molar-refractivity contribution < 1.29 is 34.4 Å². The summed E-state index contributed by atoms with van der Waals surface area (Å²) in [5.41, 5.74) is 3.61. The Hall–Kier alpha value is -3.74. The zero-order valence-electron chi connectivity index (χ0n) is 21.9. The molecule has 7 heteroatoms. The summed E-state index contributed by atoms with van der Waals surface area (Å²) in [6, 6.07) is 7.88. The number of allylic oxidation sites excluding steroid dienone is 1. The fourth-order valence-corrected chi connectivity index (χ4v) is 5.00. The quantitative estimate of drug-likeness (QED) is 0.193. The molecule has 0 spiro atoms. The van der Waals surface area contributed by atoms with Crippen molar-refractivity contribution >= 4 is 18.0 Å². The van der Waals surface area contributed by atoms with Gasteiger partial charge in [-0.2, -0.15) is 0 Å². The van der Waals surface area contributed by atoms with Crippen LogP contribution in [0, 0.1) is 5.92 Å². The molecule has 0 aromatic heterocycles.